The number of carbonyl (C=O) groups is 2. The highest BCUT2D eigenvalue weighted by Gasteiger charge is 2.34. The minimum absolute atomic E-state index is 0.00503. The molecule has 2 heterocycles. The lowest BCUT2D eigenvalue weighted by Crippen LogP contribution is -2.50. The third-order valence-corrected chi connectivity index (χ3v) is 6.23. The number of hydrazone groups is 1. The van der Waals surface area contributed by atoms with Gasteiger partial charge in [0.25, 0.3) is 5.91 Å². The summed E-state index contributed by atoms with van der Waals surface area (Å²) < 4.78 is 0. The molecule has 0 saturated carbocycles. The van der Waals surface area contributed by atoms with E-state index in [1.165, 1.54) is 11.1 Å². The third-order valence-electron chi connectivity index (χ3n) is 6.23. The summed E-state index contributed by atoms with van der Waals surface area (Å²) in [7, 11) is 0. The first-order chi connectivity index (χ1) is 14.9. The zero-order chi connectivity index (χ0) is 22.0. The normalized spacial score (nSPS) is 19.5. The van der Waals surface area contributed by atoms with Gasteiger partial charge >= 0.3 is 0 Å². The van der Waals surface area contributed by atoms with Gasteiger partial charge in [-0.15, -0.1) is 0 Å². The Hall–Kier alpha value is -2.99. The molecule has 162 valence electrons. The van der Waals surface area contributed by atoms with Crippen LogP contribution in [0.5, 0.6) is 0 Å². The average molecular weight is 419 g/mol. The highest BCUT2D eigenvalue weighted by Crippen LogP contribution is 2.33. The van der Waals surface area contributed by atoms with Gasteiger partial charge in [-0.3, -0.25) is 14.5 Å². The smallest absolute Gasteiger partial charge is 0.257 e. The Bertz CT molecular complexity index is 994. The van der Waals surface area contributed by atoms with E-state index in [2.05, 4.69) is 49.1 Å². The summed E-state index contributed by atoms with van der Waals surface area (Å²) in [6.45, 7) is 8.84. The summed E-state index contributed by atoms with van der Waals surface area (Å²) in [5, 5.41) is 6.52. The predicted molar refractivity (Wildman–Crippen MR) is 122 cm³/mol. The molecule has 4 rings (SSSR count). The van der Waals surface area contributed by atoms with Crippen molar-refractivity contribution in [1.82, 2.24) is 14.8 Å². The summed E-state index contributed by atoms with van der Waals surface area (Å²) in [6.07, 6.45) is 0.707. The average Bonchev–Trinajstić information content (AvgIpc) is 3.22. The maximum Gasteiger partial charge on any atom is 0.257 e. The number of hydrogen-bond donors (Lipinski definition) is 0. The molecular weight excluding hydrogens is 388 g/mol. The number of hydrogen-bond acceptors (Lipinski definition) is 4. The van der Waals surface area contributed by atoms with Crippen molar-refractivity contribution in [2.45, 2.75) is 33.2 Å². The minimum Gasteiger partial charge on any atom is -0.340 e. The lowest BCUT2D eigenvalue weighted by molar-refractivity contribution is -0.135. The summed E-state index contributed by atoms with van der Waals surface area (Å²) in [5.74, 6) is 0.0999. The van der Waals surface area contributed by atoms with Crippen molar-refractivity contribution < 1.29 is 9.59 Å². The van der Waals surface area contributed by atoms with Crippen LogP contribution in [0.3, 0.4) is 0 Å². The molecule has 6 nitrogen and oxygen atoms in total. The molecule has 1 unspecified atom stereocenters. The van der Waals surface area contributed by atoms with Crippen molar-refractivity contribution in [2.24, 2.45) is 5.10 Å². The van der Waals surface area contributed by atoms with Gasteiger partial charge in [0, 0.05) is 45.1 Å². The van der Waals surface area contributed by atoms with Crippen LogP contribution in [0.15, 0.2) is 53.6 Å². The first kappa shape index (κ1) is 21.2. The zero-order valence-corrected chi connectivity index (χ0v) is 18.5. The standard InChI is InChI=1S/C25H30N4O2/c1-18-9-10-19(2)22(15-18)23-16-24(21-7-5-4-6-8-21)29(26-23)25(31)17-27-11-13-28(14-12-27)20(3)30/h4-10,15,24H,11-14,16-17H2,1-3H3. The van der Waals surface area contributed by atoms with E-state index in [1.807, 2.05) is 23.1 Å². The largest absolute Gasteiger partial charge is 0.340 e. The first-order valence-corrected chi connectivity index (χ1v) is 10.9. The monoisotopic (exact) mass is 418 g/mol. The molecule has 0 radical (unpaired) electrons. The fourth-order valence-corrected chi connectivity index (χ4v) is 4.37. The summed E-state index contributed by atoms with van der Waals surface area (Å²) in [4.78, 5) is 28.9. The molecule has 1 fully saturated rings. The van der Waals surface area contributed by atoms with Gasteiger partial charge in [0.1, 0.15) is 0 Å². The molecule has 0 bridgehead atoms. The van der Waals surface area contributed by atoms with E-state index < -0.39 is 0 Å². The third kappa shape index (κ3) is 4.69. The molecule has 31 heavy (non-hydrogen) atoms. The lowest BCUT2D eigenvalue weighted by atomic mass is 9.95. The first-order valence-electron chi connectivity index (χ1n) is 10.9. The lowest BCUT2D eigenvalue weighted by Gasteiger charge is -2.34. The zero-order valence-electron chi connectivity index (χ0n) is 18.5. The van der Waals surface area contributed by atoms with Gasteiger partial charge in [0.05, 0.1) is 18.3 Å². The van der Waals surface area contributed by atoms with Crippen molar-refractivity contribution in [3.05, 3.63) is 70.8 Å². The predicted octanol–water partition coefficient (Wildman–Crippen LogP) is 3.15. The topological polar surface area (TPSA) is 56.2 Å². The minimum atomic E-state index is -0.0953. The molecule has 0 N–H and O–H groups in total. The van der Waals surface area contributed by atoms with E-state index in [4.69, 9.17) is 5.10 Å². The highest BCUT2D eigenvalue weighted by atomic mass is 16.2. The van der Waals surface area contributed by atoms with Crippen molar-refractivity contribution in [3.8, 4) is 0 Å². The maximum absolute atomic E-state index is 13.3. The molecular formula is C25H30N4O2. The molecule has 2 amide bonds. The Labute approximate surface area is 184 Å². The van der Waals surface area contributed by atoms with Crippen LogP contribution in [-0.2, 0) is 9.59 Å². The van der Waals surface area contributed by atoms with Gasteiger partial charge in [0.15, 0.2) is 0 Å². The van der Waals surface area contributed by atoms with Crippen LogP contribution in [0.2, 0.25) is 0 Å². The van der Waals surface area contributed by atoms with Gasteiger partial charge in [-0.1, -0.05) is 48.0 Å². The van der Waals surface area contributed by atoms with Crippen LogP contribution in [0.4, 0.5) is 0 Å². The number of aryl methyl sites for hydroxylation is 2. The fourth-order valence-electron chi connectivity index (χ4n) is 4.37. The summed E-state index contributed by atoms with van der Waals surface area (Å²) in [6, 6.07) is 16.4. The van der Waals surface area contributed by atoms with Crippen LogP contribution in [0, 0.1) is 13.8 Å². The SMILES string of the molecule is CC(=O)N1CCN(CC(=O)N2N=C(c3cc(C)ccc3C)CC2c2ccccc2)CC1. The molecule has 0 aromatic heterocycles. The molecule has 0 aliphatic carbocycles. The number of nitrogens with zero attached hydrogens (tertiary/aromatic N) is 4. The highest BCUT2D eigenvalue weighted by molar-refractivity contribution is 6.04. The summed E-state index contributed by atoms with van der Waals surface area (Å²) >= 11 is 0. The Kier molecular flexibility index (Phi) is 6.18. The molecule has 1 atom stereocenters. The number of piperazine rings is 1. The molecule has 2 aromatic carbocycles. The Morgan fingerprint density at radius 3 is 2.39 bits per heavy atom. The van der Waals surface area contributed by atoms with E-state index in [0.717, 1.165) is 16.8 Å². The van der Waals surface area contributed by atoms with Gasteiger partial charge < -0.3 is 4.90 Å². The van der Waals surface area contributed by atoms with Crippen LogP contribution >= 0.6 is 0 Å². The molecule has 0 spiro atoms. The quantitative estimate of drug-likeness (QED) is 0.767. The van der Waals surface area contributed by atoms with E-state index in [9.17, 15) is 9.59 Å². The van der Waals surface area contributed by atoms with Crippen LogP contribution in [0.1, 0.15) is 41.6 Å². The number of benzene rings is 2. The van der Waals surface area contributed by atoms with Crippen LogP contribution in [0.25, 0.3) is 0 Å². The van der Waals surface area contributed by atoms with Crippen LogP contribution < -0.4 is 0 Å². The van der Waals surface area contributed by atoms with Gasteiger partial charge in [-0.25, -0.2) is 5.01 Å². The Morgan fingerprint density at radius 1 is 1.00 bits per heavy atom. The maximum atomic E-state index is 13.3. The Morgan fingerprint density at radius 2 is 1.71 bits per heavy atom. The number of rotatable bonds is 4. The molecule has 1 saturated heterocycles. The van der Waals surface area contributed by atoms with E-state index >= 15 is 0 Å². The van der Waals surface area contributed by atoms with Crippen molar-refractivity contribution in [3.63, 3.8) is 0 Å². The van der Waals surface area contributed by atoms with E-state index in [-0.39, 0.29) is 17.9 Å². The van der Waals surface area contributed by atoms with Crippen molar-refractivity contribution in [1.29, 1.82) is 0 Å². The van der Waals surface area contributed by atoms with Crippen LogP contribution in [-0.4, -0.2) is 65.1 Å². The van der Waals surface area contributed by atoms with Gasteiger partial charge in [-0.2, -0.15) is 5.10 Å². The molecule has 2 aliphatic rings. The second kappa shape index (κ2) is 9.02. The Balaban J connectivity index is 1.56. The molecule has 2 aliphatic heterocycles. The second-order valence-corrected chi connectivity index (χ2v) is 8.52. The van der Waals surface area contributed by atoms with Crippen molar-refractivity contribution >= 4 is 17.5 Å². The number of amides is 2. The van der Waals surface area contributed by atoms with Gasteiger partial charge in [-0.05, 0) is 31.0 Å². The van der Waals surface area contributed by atoms with E-state index in [0.29, 0.717) is 39.1 Å². The van der Waals surface area contributed by atoms with Crippen molar-refractivity contribution in [2.75, 3.05) is 32.7 Å². The fraction of sp³-hybridized carbons (Fsp3) is 0.400. The van der Waals surface area contributed by atoms with Gasteiger partial charge in [0.2, 0.25) is 5.91 Å². The van der Waals surface area contributed by atoms with E-state index in [1.54, 1.807) is 11.9 Å². The second-order valence-electron chi connectivity index (χ2n) is 8.52. The number of carbonyl (C=O) groups excluding carboxylic acids is 2. The molecule has 6 heteroatoms. The summed E-state index contributed by atoms with van der Waals surface area (Å²) in [5.41, 5.74) is 5.54. The molecule has 2 aromatic rings.